The second-order valence-corrected chi connectivity index (χ2v) is 6.03. The number of carbonyl (C=O) groups excluding carboxylic acids is 1. The van der Waals surface area contributed by atoms with E-state index in [9.17, 15) is 9.59 Å². The van der Waals surface area contributed by atoms with Crippen LogP contribution in [0.2, 0.25) is 0 Å². The lowest BCUT2D eigenvalue weighted by Crippen LogP contribution is -2.36. The van der Waals surface area contributed by atoms with Crippen LogP contribution in [0, 0.1) is 0 Å². The van der Waals surface area contributed by atoms with Gasteiger partial charge < -0.3 is 15.2 Å². The smallest absolute Gasteiger partial charge is 0.303 e. The van der Waals surface area contributed by atoms with Crippen molar-refractivity contribution in [3.05, 3.63) is 27.1 Å². The van der Waals surface area contributed by atoms with E-state index in [2.05, 4.69) is 37.2 Å². The molecule has 0 radical (unpaired) electrons. The molecular formula is C13H15Br2NO4. The van der Waals surface area contributed by atoms with Crippen LogP contribution in [0.1, 0.15) is 19.8 Å². The van der Waals surface area contributed by atoms with E-state index in [4.69, 9.17) is 9.84 Å². The number of benzene rings is 1. The van der Waals surface area contributed by atoms with Crippen molar-refractivity contribution in [2.75, 3.05) is 6.61 Å². The average Bonchev–Trinajstić information content (AvgIpc) is 2.35. The Hall–Kier alpha value is -1.08. The van der Waals surface area contributed by atoms with Gasteiger partial charge in [-0.25, -0.2) is 0 Å². The number of hydrogen-bond donors (Lipinski definition) is 2. The Bertz CT molecular complexity index is 493. The van der Waals surface area contributed by atoms with E-state index in [1.54, 1.807) is 13.0 Å². The van der Waals surface area contributed by atoms with Crippen LogP contribution in [0.5, 0.6) is 5.75 Å². The standard InChI is InChI=1S/C13H15Br2NO4/c1-8(2-5-13(18)19)16-12(17)7-20-11-4-3-9(14)6-10(11)15/h3-4,6,8H,2,5,7H2,1H3,(H,16,17)(H,18,19). The molecule has 2 N–H and O–H groups in total. The molecule has 7 heteroatoms. The van der Waals surface area contributed by atoms with Crippen molar-refractivity contribution in [3.8, 4) is 5.75 Å². The van der Waals surface area contributed by atoms with Gasteiger partial charge in [0.05, 0.1) is 4.47 Å². The summed E-state index contributed by atoms with van der Waals surface area (Å²) in [5.41, 5.74) is 0. The molecule has 0 spiro atoms. The maximum absolute atomic E-state index is 11.6. The highest BCUT2D eigenvalue weighted by atomic mass is 79.9. The summed E-state index contributed by atoms with van der Waals surface area (Å²) in [5.74, 6) is -0.583. The Balaban J connectivity index is 2.37. The minimum atomic E-state index is -0.874. The lowest BCUT2D eigenvalue weighted by atomic mass is 10.2. The number of aliphatic carboxylic acids is 1. The number of carboxylic acid groups (broad SMARTS) is 1. The first-order valence-electron chi connectivity index (χ1n) is 5.97. The van der Waals surface area contributed by atoms with E-state index >= 15 is 0 Å². The molecule has 1 unspecified atom stereocenters. The molecule has 0 saturated heterocycles. The van der Waals surface area contributed by atoms with E-state index in [1.165, 1.54) is 0 Å². The van der Waals surface area contributed by atoms with Gasteiger partial charge in [0, 0.05) is 16.9 Å². The molecule has 1 rings (SSSR count). The molecule has 0 bridgehead atoms. The van der Waals surface area contributed by atoms with Gasteiger partial charge in [0.25, 0.3) is 5.91 Å². The Morgan fingerprint density at radius 2 is 2.10 bits per heavy atom. The van der Waals surface area contributed by atoms with Crippen molar-refractivity contribution in [2.45, 2.75) is 25.8 Å². The summed E-state index contributed by atoms with van der Waals surface area (Å²) in [5, 5.41) is 11.2. The van der Waals surface area contributed by atoms with Gasteiger partial charge in [-0.2, -0.15) is 0 Å². The lowest BCUT2D eigenvalue weighted by molar-refractivity contribution is -0.137. The monoisotopic (exact) mass is 407 g/mol. The molecule has 0 aromatic heterocycles. The van der Waals surface area contributed by atoms with E-state index in [1.807, 2.05) is 12.1 Å². The van der Waals surface area contributed by atoms with Crippen molar-refractivity contribution in [2.24, 2.45) is 0 Å². The summed E-state index contributed by atoms with van der Waals surface area (Å²) in [6.45, 7) is 1.65. The molecule has 0 fully saturated rings. The van der Waals surface area contributed by atoms with E-state index < -0.39 is 5.97 Å². The zero-order valence-corrected chi connectivity index (χ0v) is 14.0. The second-order valence-electron chi connectivity index (χ2n) is 4.26. The van der Waals surface area contributed by atoms with Crippen LogP contribution < -0.4 is 10.1 Å². The quantitative estimate of drug-likeness (QED) is 0.727. The van der Waals surface area contributed by atoms with Crippen LogP contribution >= 0.6 is 31.9 Å². The third-order valence-corrected chi connectivity index (χ3v) is 3.56. The predicted molar refractivity (Wildman–Crippen MR) is 81.8 cm³/mol. The first-order valence-corrected chi connectivity index (χ1v) is 7.56. The largest absolute Gasteiger partial charge is 0.483 e. The van der Waals surface area contributed by atoms with Gasteiger partial charge in [-0.3, -0.25) is 9.59 Å². The van der Waals surface area contributed by atoms with E-state index in [0.717, 1.165) is 8.95 Å². The fourth-order valence-electron chi connectivity index (χ4n) is 1.46. The molecule has 0 heterocycles. The summed E-state index contributed by atoms with van der Waals surface area (Å²) < 4.78 is 7.04. The minimum Gasteiger partial charge on any atom is -0.483 e. The van der Waals surface area contributed by atoms with Gasteiger partial charge in [-0.15, -0.1) is 0 Å². The molecule has 1 aromatic carbocycles. The third-order valence-electron chi connectivity index (χ3n) is 2.45. The summed E-state index contributed by atoms with van der Waals surface area (Å²) in [4.78, 5) is 22.1. The van der Waals surface area contributed by atoms with Gasteiger partial charge in [-0.05, 0) is 47.5 Å². The highest BCUT2D eigenvalue weighted by molar-refractivity contribution is 9.11. The first-order chi connectivity index (χ1) is 9.38. The van der Waals surface area contributed by atoms with Crippen molar-refractivity contribution in [1.29, 1.82) is 0 Å². The van der Waals surface area contributed by atoms with E-state index in [-0.39, 0.29) is 25.0 Å². The zero-order valence-electron chi connectivity index (χ0n) is 10.9. The van der Waals surface area contributed by atoms with Crippen LogP contribution in [0.25, 0.3) is 0 Å². The minimum absolute atomic E-state index is 0.0283. The number of ether oxygens (including phenoxy) is 1. The maximum Gasteiger partial charge on any atom is 0.303 e. The van der Waals surface area contributed by atoms with E-state index in [0.29, 0.717) is 12.2 Å². The van der Waals surface area contributed by atoms with Crippen LogP contribution in [0.4, 0.5) is 0 Å². The van der Waals surface area contributed by atoms with Crippen LogP contribution in [0.15, 0.2) is 27.1 Å². The van der Waals surface area contributed by atoms with Gasteiger partial charge in [0.1, 0.15) is 5.75 Å². The number of halogens is 2. The molecule has 1 atom stereocenters. The molecule has 5 nitrogen and oxygen atoms in total. The van der Waals surface area contributed by atoms with Crippen molar-refractivity contribution < 1.29 is 19.4 Å². The molecule has 1 amide bonds. The molecule has 0 aliphatic rings. The number of rotatable bonds is 7. The van der Waals surface area contributed by atoms with Crippen LogP contribution in [0.3, 0.4) is 0 Å². The first kappa shape index (κ1) is 17.0. The van der Waals surface area contributed by atoms with Gasteiger partial charge in [-0.1, -0.05) is 15.9 Å². The van der Waals surface area contributed by atoms with Crippen molar-refractivity contribution >= 4 is 43.7 Å². The van der Waals surface area contributed by atoms with Crippen molar-refractivity contribution in [3.63, 3.8) is 0 Å². The number of nitrogens with one attached hydrogen (secondary N) is 1. The summed E-state index contributed by atoms with van der Waals surface area (Å²) in [6, 6.07) is 5.18. The fourth-order valence-corrected chi connectivity index (χ4v) is 2.63. The molecule has 0 saturated carbocycles. The summed E-state index contributed by atoms with van der Waals surface area (Å²) >= 11 is 6.66. The summed E-state index contributed by atoms with van der Waals surface area (Å²) in [7, 11) is 0. The van der Waals surface area contributed by atoms with Crippen LogP contribution in [-0.2, 0) is 9.59 Å². The normalized spacial score (nSPS) is 11.8. The van der Waals surface area contributed by atoms with Gasteiger partial charge >= 0.3 is 5.97 Å². The van der Waals surface area contributed by atoms with Crippen LogP contribution in [-0.4, -0.2) is 29.6 Å². The topological polar surface area (TPSA) is 75.6 Å². The highest BCUT2D eigenvalue weighted by Crippen LogP contribution is 2.28. The fraction of sp³-hybridized carbons (Fsp3) is 0.385. The molecule has 0 aliphatic heterocycles. The Morgan fingerprint density at radius 3 is 2.70 bits per heavy atom. The Morgan fingerprint density at radius 1 is 1.40 bits per heavy atom. The predicted octanol–water partition coefficient (Wildman–Crippen LogP) is 2.96. The summed E-state index contributed by atoms with van der Waals surface area (Å²) in [6.07, 6.45) is 0.420. The maximum atomic E-state index is 11.6. The Kier molecular flexibility index (Phi) is 7.01. The number of amides is 1. The number of carboxylic acids is 1. The average molecular weight is 409 g/mol. The van der Waals surface area contributed by atoms with Gasteiger partial charge in [0.15, 0.2) is 6.61 Å². The van der Waals surface area contributed by atoms with Gasteiger partial charge in [0.2, 0.25) is 0 Å². The van der Waals surface area contributed by atoms with Crippen molar-refractivity contribution in [1.82, 2.24) is 5.32 Å². The lowest BCUT2D eigenvalue weighted by Gasteiger charge is -2.13. The Labute approximate surface area is 134 Å². The highest BCUT2D eigenvalue weighted by Gasteiger charge is 2.10. The number of hydrogen-bond acceptors (Lipinski definition) is 3. The third kappa shape index (κ3) is 6.38. The molecule has 1 aromatic rings. The molecule has 110 valence electrons. The second kappa shape index (κ2) is 8.26. The molecular weight excluding hydrogens is 394 g/mol. The molecule has 20 heavy (non-hydrogen) atoms. The zero-order chi connectivity index (χ0) is 15.1. The SMILES string of the molecule is CC(CCC(=O)O)NC(=O)COc1ccc(Br)cc1Br. The number of carbonyl (C=O) groups is 2. The molecule has 0 aliphatic carbocycles.